The first-order valence-electron chi connectivity index (χ1n) is 4.31. The largest absolute Gasteiger partial charge is 0.495 e. The smallest absolute Gasteiger partial charge is 0.138 e. The van der Waals surface area contributed by atoms with E-state index >= 15 is 0 Å². The first-order valence-corrected chi connectivity index (χ1v) is 4.69. The number of ether oxygens (including phenoxy) is 1. The van der Waals surface area contributed by atoms with Crippen LogP contribution in [0.2, 0.25) is 5.02 Å². The first kappa shape index (κ1) is 10.9. The normalized spacial score (nSPS) is 9.64. The molecule has 1 aromatic rings. The highest BCUT2D eigenvalue weighted by atomic mass is 35.5. The number of methoxy groups -OCH3 is 1. The maximum atomic E-state index is 8.66. The van der Waals surface area contributed by atoms with E-state index in [1.54, 1.807) is 7.11 Å². The molecule has 0 unspecified atom stereocenters. The van der Waals surface area contributed by atoms with Crippen molar-refractivity contribution in [1.29, 1.82) is 5.26 Å². The molecular weight excluding hydrogens is 198 g/mol. The van der Waals surface area contributed by atoms with Gasteiger partial charge in [0.2, 0.25) is 0 Å². The van der Waals surface area contributed by atoms with Gasteiger partial charge in [-0.25, -0.2) is 0 Å². The van der Waals surface area contributed by atoms with Crippen LogP contribution in [0.4, 0.5) is 0 Å². The van der Waals surface area contributed by atoms with Gasteiger partial charge in [0.05, 0.1) is 24.6 Å². The van der Waals surface area contributed by atoms with Crippen LogP contribution in [0.15, 0.2) is 6.07 Å². The molecule has 0 radical (unpaired) electrons. The van der Waals surface area contributed by atoms with Crippen molar-refractivity contribution in [3.05, 3.63) is 27.8 Å². The van der Waals surface area contributed by atoms with Gasteiger partial charge in [-0.05, 0) is 36.6 Å². The topological polar surface area (TPSA) is 33.0 Å². The van der Waals surface area contributed by atoms with Gasteiger partial charge < -0.3 is 4.74 Å². The summed E-state index contributed by atoms with van der Waals surface area (Å²) in [6.45, 7) is 3.86. The molecule has 0 aliphatic heterocycles. The van der Waals surface area contributed by atoms with Crippen molar-refractivity contribution in [2.24, 2.45) is 0 Å². The van der Waals surface area contributed by atoms with Crippen LogP contribution in [0.3, 0.4) is 0 Å². The molecule has 0 N–H and O–H groups in total. The van der Waals surface area contributed by atoms with E-state index in [-0.39, 0.29) is 0 Å². The second-order valence-corrected chi connectivity index (χ2v) is 3.53. The molecule has 74 valence electrons. The molecule has 0 fully saturated rings. The van der Waals surface area contributed by atoms with E-state index in [1.807, 2.05) is 19.9 Å². The third-order valence-corrected chi connectivity index (χ3v) is 2.77. The number of hydrogen-bond donors (Lipinski definition) is 0. The molecule has 0 saturated carbocycles. The Bertz CT molecular complexity index is 393. The Morgan fingerprint density at radius 3 is 2.64 bits per heavy atom. The van der Waals surface area contributed by atoms with E-state index in [1.165, 1.54) is 0 Å². The average Bonchev–Trinajstić information content (AvgIpc) is 2.18. The van der Waals surface area contributed by atoms with Crippen molar-refractivity contribution >= 4 is 11.6 Å². The summed E-state index contributed by atoms with van der Waals surface area (Å²) in [5.74, 6) is 0.670. The zero-order chi connectivity index (χ0) is 10.7. The van der Waals surface area contributed by atoms with Gasteiger partial charge >= 0.3 is 0 Å². The predicted molar refractivity (Wildman–Crippen MR) is 56.8 cm³/mol. The molecule has 0 aliphatic carbocycles. The maximum absolute atomic E-state index is 8.66. The quantitative estimate of drug-likeness (QED) is 0.750. The van der Waals surface area contributed by atoms with Crippen LogP contribution >= 0.6 is 11.6 Å². The molecule has 1 rings (SSSR count). The van der Waals surface area contributed by atoms with E-state index in [2.05, 4.69) is 6.07 Å². The fourth-order valence-electron chi connectivity index (χ4n) is 1.46. The predicted octanol–water partition coefficient (Wildman–Crippen LogP) is 3.03. The summed E-state index contributed by atoms with van der Waals surface area (Å²) < 4.78 is 5.12. The molecule has 0 atom stereocenters. The van der Waals surface area contributed by atoms with Crippen molar-refractivity contribution < 1.29 is 4.74 Å². The molecule has 0 aromatic heterocycles. The van der Waals surface area contributed by atoms with Gasteiger partial charge in [-0.2, -0.15) is 5.26 Å². The van der Waals surface area contributed by atoms with Gasteiger partial charge in [-0.15, -0.1) is 0 Å². The first-order chi connectivity index (χ1) is 6.61. The molecular formula is C11H12ClNO. The summed E-state index contributed by atoms with van der Waals surface area (Å²) in [6.07, 6.45) is 0.390. The lowest BCUT2D eigenvalue weighted by molar-refractivity contribution is 0.414. The van der Waals surface area contributed by atoms with Crippen molar-refractivity contribution in [1.82, 2.24) is 0 Å². The molecule has 0 heterocycles. The summed E-state index contributed by atoms with van der Waals surface area (Å²) >= 11 is 6.07. The number of rotatable bonds is 2. The van der Waals surface area contributed by atoms with Crippen molar-refractivity contribution in [3.8, 4) is 11.8 Å². The minimum absolute atomic E-state index is 0.390. The van der Waals surface area contributed by atoms with Crippen LogP contribution in [0.5, 0.6) is 5.75 Å². The highest BCUT2D eigenvalue weighted by Crippen LogP contribution is 2.32. The van der Waals surface area contributed by atoms with E-state index in [0.717, 1.165) is 16.7 Å². The SMILES string of the molecule is COc1cc(C)c(CC#N)c(C)c1Cl. The van der Waals surface area contributed by atoms with Gasteiger partial charge in [0.15, 0.2) is 0 Å². The second-order valence-electron chi connectivity index (χ2n) is 3.15. The molecule has 0 spiro atoms. The van der Waals surface area contributed by atoms with E-state index in [9.17, 15) is 0 Å². The maximum Gasteiger partial charge on any atom is 0.138 e. The Morgan fingerprint density at radius 1 is 1.50 bits per heavy atom. The van der Waals surface area contributed by atoms with E-state index in [4.69, 9.17) is 21.6 Å². The minimum Gasteiger partial charge on any atom is -0.495 e. The highest BCUT2D eigenvalue weighted by molar-refractivity contribution is 6.33. The molecule has 14 heavy (non-hydrogen) atoms. The second kappa shape index (κ2) is 4.34. The van der Waals surface area contributed by atoms with Crippen LogP contribution in [-0.2, 0) is 6.42 Å². The minimum atomic E-state index is 0.390. The summed E-state index contributed by atoms with van der Waals surface area (Å²) in [5, 5.41) is 9.26. The zero-order valence-corrected chi connectivity index (χ0v) is 9.27. The van der Waals surface area contributed by atoms with Gasteiger partial charge in [-0.1, -0.05) is 11.6 Å². The molecule has 1 aromatic carbocycles. The lowest BCUT2D eigenvalue weighted by Gasteiger charge is -2.12. The molecule has 0 saturated heterocycles. The van der Waals surface area contributed by atoms with E-state index in [0.29, 0.717) is 17.2 Å². The van der Waals surface area contributed by atoms with Gasteiger partial charge in [-0.3, -0.25) is 0 Å². The summed E-state index contributed by atoms with van der Waals surface area (Å²) in [6, 6.07) is 3.99. The number of benzene rings is 1. The molecule has 3 heteroatoms. The fraction of sp³-hybridized carbons (Fsp3) is 0.364. The molecule has 0 aliphatic rings. The van der Waals surface area contributed by atoms with E-state index < -0.39 is 0 Å². The lowest BCUT2D eigenvalue weighted by atomic mass is 10.00. The monoisotopic (exact) mass is 209 g/mol. The standard InChI is InChI=1S/C11H12ClNO/c1-7-6-10(14-3)11(12)8(2)9(7)4-5-13/h6H,4H2,1-3H3. The zero-order valence-electron chi connectivity index (χ0n) is 8.52. The Balaban J connectivity index is 3.35. The third kappa shape index (κ3) is 1.83. The number of nitriles is 1. The molecule has 0 amide bonds. The number of hydrogen-bond acceptors (Lipinski definition) is 2. The van der Waals surface area contributed by atoms with Crippen molar-refractivity contribution in [3.63, 3.8) is 0 Å². The van der Waals surface area contributed by atoms with Gasteiger partial charge in [0, 0.05) is 0 Å². The van der Waals surface area contributed by atoms with Crippen LogP contribution in [0, 0.1) is 25.2 Å². The fourth-order valence-corrected chi connectivity index (χ4v) is 1.71. The van der Waals surface area contributed by atoms with Crippen LogP contribution in [0.1, 0.15) is 16.7 Å². The summed E-state index contributed by atoms with van der Waals surface area (Å²) in [4.78, 5) is 0. The van der Waals surface area contributed by atoms with Crippen LogP contribution in [0.25, 0.3) is 0 Å². The summed E-state index contributed by atoms with van der Waals surface area (Å²) in [5.41, 5.74) is 2.98. The van der Waals surface area contributed by atoms with Gasteiger partial charge in [0.1, 0.15) is 5.75 Å². The molecule has 2 nitrogen and oxygen atoms in total. The summed E-state index contributed by atoms with van der Waals surface area (Å²) in [7, 11) is 1.59. The number of aryl methyl sites for hydroxylation is 1. The Kier molecular flexibility index (Phi) is 3.38. The third-order valence-electron chi connectivity index (χ3n) is 2.30. The van der Waals surface area contributed by atoms with Crippen molar-refractivity contribution in [2.75, 3.05) is 7.11 Å². The lowest BCUT2D eigenvalue weighted by Crippen LogP contribution is -1.96. The van der Waals surface area contributed by atoms with Crippen molar-refractivity contribution in [2.45, 2.75) is 20.3 Å². The van der Waals surface area contributed by atoms with Crippen LogP contribution in [-0.4, -0.2) is 7.11 Å². The Hall–Kier alpha value is -1.20. The Labute approximate surface area is 89.1 Å². The average molecular weight is 210 g/mol. The number of halogens is 1. The van der Waals surface area contributed by atoms with Crippen LogP contribution < -0.4 is 4.74 Å². The highest BCUT2D eigenvalue weighted by Gasteiger charge is 2.11. The number of nitrogens with zero attached hydrogens (tertiary/aromatic N) is 1. The Morgan fingerprint density at radius 2 is 2.14 bits per heavy atom. The molecule has 0 bridgehead atoms. The van der Waals surface area contributed by atoms with Gasteiger partial charge in [0.25, 0.3) is 0 Å².